The maximum Gasteiger partial charge on any atom is 0.284 e. The highest BCUT2D eigenvalue weighted by Crippen LogP contribution is 2.45. The van der Waals surface area contributed by atoms with E-state index in [-0.39, 0.29) is 122 Å². The number of nitrogens with zero attached hydrogens (tertiary/aromatic N) is 8. The Balaban J connectivity index is 0.000000155. The lowest BCUT2D eigenvalue weighted by atomic mass is 10.0. The van der Waals surface area contributed by atoms with Gasteiger partial charge in [-0.05, 0) is 168 Å². The molecule has 38 nitrogen and oxygen atoms in total. The van der Waals surface area contributed by atoms with Crippen molar-refractivity contribution in [1.29, 1.82) is 0 Å². The van der Waals surface area contributed by atoms with Crippen LogP contribution in [0.15, 0.2) is 221 Å². The van der Waals surface area contributed by atoms with Crippen molar-refractivity contribution in [3.63, 3.8) is 0 Å². The fourth-order valence-electron chi connectivity index (χ4n) is 14.5. The van der Waals surface area contributed by atoms with E-state index in [1.54, 1.807) is 67.8 Å². The van der Waals surface area contributed by atoms with Gasteiger partial charge in [0.15, 0.2) is 46.0 Å². The third-order valence-corrected chi connectivity index (χ3v) is 27.1. The Morgan fingerprint density at radius 2 is 0.662 bits per heavy atom. The third-order valence-electron chi connectivity index (χ3n) is 21.2. The van der Waals surface area contributed by atoms with E-state index in [2.05, 4.69) is 48.1 Å². The topological polar surface area (TPSA) is 470 Å². The standard InChI is InChI=1S/C28H24N2O7S.C24H21N3O9S.C24H23N3O7S.C18H17IN2O5/c1-34-19-12-13-21-22(16-19)30(38(32,33)25-11-7-9-17-8-5-6-10-20(17)25)29-26(21)27(31)18-14-23(35-2)28(37-4)24(15-18)36-3;1-33-16-7-10-18-19(13-16)26(37(31,32)17-8-5-15(6-9-17)27(29)30)25-22(18)23(28)14-11-20(34-2)24(36-4)21(12-14)35-3;1-31-16-7-10-18-19(13-16)27(35(29,30)17-8-5-15(25)6-9-17)26-22(18)23(28)14-11-20(32-2)24(34-4)21(12-14)33-3;1-23-11-6-5-10-15(14(11)19)20-21-16(10)17(22)9-7-12(24-2)18(26-4)13(8-9)25-3/h5-16H,1-4H3;5-13H,1-4H3;5-13H,25H2,1-4H3;5-8H,1-4H3,(H,20,21). The second-order valence-corrected chi connectivity index (χ2v) is 34.9. The number of rotatable bonds is 31. The minimum absolute atomic E-state index is 0.0364. The SMILES string of the molecule is COc1cc(C(=O)c2[nH]nc3c(I)c(OC)ccc23)cc(OC)c1OC.COc1ccc2c(C(=O)c3cc(OC)c(OC)c(OC)c3)nn(S(=O)(=O)c3ccc(N)cc3)c2c1.COc1ccc2c(C(=O)c3cc(OC)c(OC)c(OC)c3)nn(S(=O)(=O)c3ccc([N+](=O)[O-])cc3)c2c1.COc1ccc2c(C(=O)c3cc(OC)c(OC)c(OC)c3)nn(S(=O)(=O)c3cccc4ccccc34)c2c1. The van der Waals surface area contributed by atoms with Gasteiger partial charge >= 0.3 is 0 Å². The summed E-state index contributed by atoms with van der Waals surface area (Å²) < 4.78 is 170. The van der Waals surface area contributed by atoms with Crippen molar-refractivity contribution >= 4 is 142 Å². The second-order valence-electron chi connectivity index (χ2n) is 28.6. The largest absolute Gasteiger partial charge is 0.497 e. The molecule has 136 heavy (non-hydrogen) atoms. The number of aromatic nitrogens is 8. The number of anilines is 1. The molecular weight excluding hydrogens is 1940 g/mol. The molecule has 0 spiro atoms. The van der Waals surface area contributed by atoms with Crippen LogP contribution < -0.4 is 81.5 Å². The number of nitro groups is 1. The smallest absolute Gasteiger partial charge is 0.284 e. The summed E-state index contributed by atoms with van der Waals surface area (Å²) in [6.45, 7) is 0. The van der Waals surface area contributed by atoms with Crippen LogP contribution in [0.3, 0.4) is 0 Å². The number of fused-ring (bicyclic) bond motifs is 5. The molecule has 0 aliphatic heterocycles. The number of nitrogens with one attached hydrogen (secondary N) is 1. The van der Waals surface area contributed by atoms with Crippen LogP contribution in [-0.2, 0) is 30.1 Å². The van der Waals surface area contributed by atoms with Gasteiger partial charge in [0.05, 0.1) is 153 Å². The number of nitro benzene ring substituents is 1. The van der Waals surface area contributed by atoms with Crippen molar-refractivity contribution in [2.45, 2.75) is 14.7 Å². The van der Waals surface area contributed by atoms with E-state index >= 15 is 0 Å². The van der Waals surface area contributed by atoms with Crippen molar-refractivity contribution in [2.75, 3.05) is 119 Å². The average molecular weight is 2030 g/mol. The molecule has 0 unspecified atom stereocenters. The predicted octanol–water partition coefficient (Wildman–Crippen LogP) is 14.7. The normalized spacial score (nSPS) is 11.2. The first-order chi connectivity index (χ1) is 65.3. The summed E-state index contributed by atoms with van der Waals surface area (Å²) in [7, 11) is 10.6. The highest BCUT2D eigenvalue weighted by atomic mass is 127. The molecule has 704 valence electrons. The van der Waals surface area contributed by atoms with Gasteiger partial charge in [0.25, 0.3) is 35.8 Å². The van der Waals surface area contributed by atoms with Crippen LogP contribution in [0, 0.1) is 13.7 Å². The molecule has 16 aromatic rings. The van der Waals surface area contributed by atoms with Crippen LogP contribution in [0.5, 0.6) is 92.0 Å². The number of ketones is 4. The Morgan fingerprint density at radius 1 is 0.346 bits per heavy atom. The number of hydrogen-bond donors (Lipinski definition) is 2. The summed E-state index contributed by atoms with van der Waals surface area (Å²) in [4.78, 5) is 64.2. The molecule has 0 amide bonds. The van der Waals surface area contributed by atoms with E-state index in [1.165, 1.54) is 198 Å². The number of ether oxygens (including phenoxy) is 16. The van der Waals surface area contributed by atoms with E-state index < -0.39 is 52.3 Å². The molecule has 0 saturated heterocycles. The molecule has 0 aliphatic rings. The van der Waals surface area contributed by atoms with Gasteiger partial charge in [-0.25, -0.2) is 0 Å². The van der Waals surface area contributed by atoms with Crippen LogP contribution in [0.4, 0.5) is 11.4 Å². The number of methoxy groups -OCH3 is 16. The minimum Gasteiger partial charge on any atom is -0.497 e. The number of non-ortho nitro benzene ring substituents is 1. The highest BCUT2D eigenvalue weighted by molar-refractivity contribution is 14.1. The predicted molar refractivity (Wildman–Crippen MR) is 508 cm³/mol. The molecule has 16 rings (SSSR count). The first kappa shape index (κ1) is 97.6. The van der Waals surface area contributed by atoms with Crippen LogP contribution in [0.1, 0.15) is 64.2 Å². The molecule has 4 heterocycles. The Bertz CT molecular complexity index is 7630. The van der Waals surface area contributed by atoms with E-state index in [0.29, 0.717) is 99.8 Å². The van der Waals surface area contributed by atoms with Gasteiger partial charge in [-0.2, -0.15) is 57.9 Å². The maximum absolute atomic E-state index is 14.0. The van der Waals surface area contributed by atoms with Crippen LogP contribution in [0.25, 0.3) is 54.4 Å². The quantitative estimate of drug-likeness (QED) is 0.0134. The number of carbonyl (C=O) groups excluding carboxylic acids is 4. The maximum atomic E-state index is 14.0. The van der Waals surface area contributed by atoms with Gasteiger partial charge in [-0.15, -0.1) is 0 Å². The third kappa shape index (κ3) is 18.7. The summed E-state index contributed by atoms with van der Waals surface area (Å²) in [5.41, 5.74) is 7.95. The summed E-state index contributed by atoms with van der Waals surface area (Å²) >= 11 is 2.15. The van der Waals surface area contributed by atoms with Gasteiger partial charge in [0.1, 0.15) is 51.3 Å². The lowest BCUT2D eigenvalue weighted by molar-refractivity contribution is -0.384. The van der Waals surface area contributed by atoms with Crippen LogP contribution in [-0.4, -0.2) is 205 Å². The van der Waals surface area contributed by atoms with Gasteiger partial charge in [0, 0.05) is 85.2 Å². The molecular formula is C94H85IN10O28S3. The molecule has 0 aliphatic carbocycles. The lowest BCUT2D eigenvalue weighted by Gasteiger charge is -2.13. The average Bonchev–Trinajstić information content (AvgIpc) is 1.55. The molecule has 0 fully saturated rings. The molecule has 0 atom stereocenters. The number of carbonyl (C=O) groups is 4. The first-order valence-electron chi connectivity index (χ1n) is 39.9. The second kappa shape index (κ2) is 41.0. The molecule has 3 N–H and O–H groups in total. The number of halogens is 1. The van der Waals surface area contributed by atoms with E-state index in [4.69, 9.17) is 81.5 Å². The molecule has 0 radical (unpaired) electrons. The molecule has 0 saturated carbocycles. The van der Waals surface area contributed by atoms with Crippen LogP contribution in [0.2, 0.25) is 0 Å². The summed E-state index contributed by atoms with van der Waals surface area (Å²) in [6, 6.07) is 51.9. The molecule has 4 aromatic heterocycles. The Hall–Kier alpha value is -16.0. The zero-order valence-corrected chi connectivity index (χ0v) is 79.9. The van der Waals surface area contributed by atoms with E-state index in [1.807, 2.05) is 30.3 Å². The minimum atomic E-state index is -4.36. The highest BCUT2D eigenvalue weighted by Gasteiger charge is 2.35. The zero-order chi connectivity index (χ0) is 98.1. The monoisotopic (exact) mass is 2020 g/mol. The summed E-state index contributed by atoms with van der Waals surface area (Å²) in [6.07, 6.45) is 0. The van der Waals surface area contributed by atoms with E-state index in [9.17, 15) is 54.5 Å². The number of aromatic amines is 1. The van der Waals surface area contributed by atoms with Gasteiger partial charge in [-0.1, -0.05) is 36.4 Å². The number of hydrogen-bond acceptors (Lipinski definition) is 33. The zero-order valence-electron chi connectivity index (χ0n) is 75.3. The molecule has 12 aromatic carbocycles. The van der Waals surface area contributed by atoms with Gasteiger partial charge < -0.3 is 81.5 Å². The number of benzene rings is 12. The van der Waals surface area contributed by atoms with Crippen LogP contribution >= 0.6 is 22.6 Å². The Morgan fingerprint density at radius 3 is 0.993 bits per heavy atom. The van der Waals surface area contributed by atoms with Crippen molar-refractivity contribution < 1.29 is 125 Å². The van der Waals surface area contributed by atoms with Crippen molar-refractivity contribution in [3.05, 3.63) is 265 Å². The Kier molecular flexibility index (Phi) is 29.4. The van der Waals surface area contributed by atoms with Gasteiger partial charge in [0.2, 0.25) is 46.1 Å². The number of H-pyrrole nitrogens is 1. The van der Waals surface area contributed by atoms with Crippen molar-refractivity contribution in [2.24, 2.45) is 0 Å². The summed E-state index contributed by atoms with van der Waals surface area (Å²) in [5.74, 6) is 3.71. The van der Waals surface area contributed by atoms with E-state index in [0.717, 1.165) is 41.4 Å². The number of nitrogen functional groups attached to an aromatic ring is 1. The Labute approximate surface area is 790 Å². The first-order valence-corrected chi connectivity index (χ1v) is 45.3. The van der Waals surface area contributed by atoms with Crippen molar-refractivity contribution in [1.82, 2.24) is 37.8 Å². The number of nitrogens with two attached hydrogens (primary N) is 1. The lowest BCUT2D eigenvalue weighted by Crippen LogP contribution is -2.16. The summed E-state index contributed by atoms with van der Waals surface area (Å²) in [5, 5.41) is 33.8. The molecule has 0 bridgehead atoms. The van der Waals surface area contributed by atoms with Crippen molar-refractivity contribution in [3.8, 4) is 92.0 Å². The fraction of sp³-hybridized carbons (Fsp3) is 0.170. The van der Waals surface area contributed by atoms with Gasteiger partial charge in [-0.3, -0.25) is 34.4 Å². The molecule has 42 heteroatoms. The fourth-order valence-corrected chi connectivity index (χ4v) is 19.4.